The van der Waals surface area contributed by atoms with Crippen molar-refractivity contribution < 1.29 is 4.39 Å². The number of hydrogen-bond acceptors (Lipinski definition) is 2. The van der Waals surface area contributed by atoms with Crippen molar-refractivity contribution in [1.29, 1.82) is 0 Å². The lowest BCUT2D eigenvalue weighted by atomic mass is 10.0. The third-order valence-corrected chi connectivity index (χ3v) is 4.91. The van der Waals surface area contributed by atoms with Crippen LogP contribution in [0.15, 0.2) is 27.7 Å². The molecular weight excluding hydrogens is 486 g/mol. The Labute approximate surface area is 169 Å². The monoisotopic (exact) mass is 512 g/mol. The standard InChI is InChI=1S/C17H26BrFN4.HI/c1-12(2)23-8-6-14(7-9-23)22-17(20-3)21-11-13-4-5-15(18)16(19)10-13;/h4-5,10,12,14H,6-9,11H2,1-3H3,(H2,20,21,22);1H. The van der Waals surface area contributed by atoms with Crippen molar-refractivity contribution in [2.24, 2.45) is 4.99 Å². The van der Waals surface area contributed by atoms with Crippen molar-refractivity contribution in [1.82, 2.24) is 15.5 Å². The van der Waals surface area contributed by atoms with Crippen LogP contribution in [-0.2, 0) is 6.54 Å². The first kappa shape index (κ1) is 21.6. The van der Waals surface area contributed by atoms with Gasteiger partial charge in [0.05, 0.1) is 4.47 Å². The number of likely N-dealkylation sites (tertiary alicyclic amines) is 1. The van der Waals surface area contributed by atoms with Gasteiger partial charge in [-0.25, -0.2) is 4.39 Å². The van der Waals surface area contributed by atoms with Crippen molar-refractivity contribution >= 4 is 45.9 Å². The number of piperidine rings is 1. The van der Waals surface area contributed by atoms with Gasteiger partial charge in [0, 0.05) is 38.8 Å². The molecule has 0 unspecified atom stereocenters. The Morgan fingerprint density at radius 1 is 1.38 bits per heavy atom. The summed E-state index contributed by atoms with van der Waals surface area (Å²) in [6, 6.07) is 6.21. The zero-order valence-electron chi connectivity index (χ0n) is 14.5. The fraction of sp³-hybridized carbons (Fsp3) is 0.588. The SMILES string of the molecule is CN=C(NCc1ccc(Br)c(F)c1)NC1CCN(C(C)C)CC1.I. The van der Waals surface area contributed by atoms with E-state index in [1.165, 1.54) is 6.07 Å². The Kier molecular flexibility index (Phi) is 9.51. The van der Waals surface area contributed by atoms with E-state index in [4.69, 9.17) is 0 Å². The number of rotatable bonds is 4. The first-order valence-electron chi connectivity index (χ1n) is 8.14. The molecular formula is C17H27BrFIN4. The number of nitrogens with zero attached hydrogens (tertiary/aromatic N) is 2. The van der Waals surface area contributed by atoms with Crippen LogP contribution in [0.3, 0.4) is 0 Å². The molecule has 136 valence electrons. The molecule has 0 saturated carbocycles. The highest BCUT2D eigenvalue weighted by Gasteiger charge is 2.21. The van der Waals surface area contributed by atoms with E-state index < -0.39 is 0 Å². The lowest BCUT2D eigenvalue weighted by Crippen LogP contribution is -2.49. The molecule has 7 heteroatoms. The van der Waals surface area contributed by atoms with Gasteiger partial charge >= 0.3 is 0 Å². The molecule has 0 atom stereocenters. The van der Waals surface area contributed by atoms with Crippen LogP contribution in [-0.4, -0.2) is 43.1 Å². The van der Waals surface area contributed by atoms with Gasteiger partial charge in [0.15, 0.2) is 5.96 Å². The van der Waals surface area contributed by atoms with Crippen LogP contribution >= 0.6 is 39.9 Å². The fourth-order valence-electron chi connectivity index (χ4n) is 2.78. The van der Waals surface area contributed by atoms with Gasteiger partial charge < -0.3 is 15.5 Å². The first-order chi connectivity index (χ1) is 11.0. The van der Waals surface area contributed by atoms with Crippen LogP contribution in [0.1, 0.15) is 32.3 Å². The molecule has 0 bridgehead atoms. The van der Waals surface area contributed by atoms with E-state index in [1.807, 2.05) is 6.07 Å². The summed E-state index contributed by atoms with van der Waals surface area (Å²) >= 11 is 3.17. The third kappa shape index (κ3) is 6.48. The second-order valence-electron chi connectivity index (χ2n) is 6.22. The Bertz CT molecular complexity index is 545. The molecule has 0 spiro atoms. The van der Waals surface area contributed by atoms with Crippen LogP contribution in [0, 0.1) is 5.82 Å². The molecule has 1 heterocycles. The van der Waals surface area contributed by atoms with Gasteiger partial charge in [-0.3, -0.25) is 4.99 Å². The van der Waals surface area contributed by atoms with E-state index in [1.54, 1.807) is 13.1 Å². The molecule has 24 heavy (non-hydrogen) atoms. The Balaban J connectivity index is 0.00000288. The largest absolute Gasteiger partial charge is 0.354 e. The summed E-state index contributed by atoms with van der Waals surface area (Å²) in [5.74, 6) is 0.532. The minimum atomic E-state index is -0.242. The highest BCUT2D eigenvalue weighted by Crippen LogP contribution is 2.16. The van der Waals surface area contributed by atoms with E-state index in [-0.39, 0.29) is 29.8 Å². The average Bonchev–Trinajstić information content (AvgIpc) is 2.55. The van der Waals surface area contributed by atoms with Crippen molar-refractivity contribution in [3.05, 3.63) is 34.1 Å². The third-order valence-electron chi connectivity index (χ3n) is 4.27. The summed E-state index contributed by atoms with van der Waals surface area (Å²) in [5.41, 5.74) is 0.892. The molecule has 2 rings (SSSR count). The Morgan fingerprint density at radius 3 is 2.58 bits per heavy atom. The van der Waals surface area contributed by atoms with E-state index in [0.717, 1.165) is 37.5 Å². The molecule has 1 aromatic carbocycles. The van der Waals surface area contributed by atoms with Crippen molar-refractivity contribution in [2.75, 3.05) is 20.1 Å². The molecule has 2 N–H and O–H groups in total. The highest BCUT2D eigenvalue weighted by molar-refractivity contribution is 14.0. The zero-order chi connectivity index (χ0) is 16.8. The molecule has 1 aliphatic heterocycles. The number of benzene rings is 1. The van der Waals surface area contributed by atoms with Crippen molar-refractivity contribution in [2.45, 2.75) is 45.3 Å². The topological polar surface area (TPSA) is 39.7 Å². The molecule has 1 saturated heterocycles. The summed E-state index contributed by atoms with van der Waals surface area (Å²) in [6.45, 7) is 7.26. The molecule has 1 aliphatic rings. The van der Waals surface area contributed by atoms with E-state index >= 15 is 0 Å². The molecule has 1 fully saturated rings. The molecule has 1 aromatic rings. The highest BCUT2D eigenvalue weighted by atomic mass is 127. The fourth-order valence-corrected chi connectivity index (χ4v) is 3.03. The summed E-state index contributed by atoms with van der Waals surface area (Å²) in [5, 5.41) is 6.73. The quantitative estimate of drug-likeness (QED) is 0.367. The number of nitrogens with one attached hydrogen (secondary N) is 2. The number of hydrogen-bond donors (Lipinski definition) is 2. The van der Waals surface area contributed by atoms with Crippen LogP contribution in [0.2, 0.25) is 0 Å². The van der Waals surface area contributed by atoms with Gasteiger partial charge in [-0.2, -0.15) is 0 Å². The predicted octanol–water partition coefficient (Wildman–Crippen LogP) is 3.74. The Morgan fingerprint density at radius 2 is 2.04 bits per heavy atom. The second-order valence-corrected chi connectivity index (χ2v) is 7.08. The van der Waals surface area contributed by atoms with Gasteiger partial charge in [-0.1, -0.05) is 6.07 Å². The van der Waals surface area contributed by atoms with Crippen LogP contribution in [0.25, 0.3) is 0 Å². The maximum absolute atomic E-state index is 13.5. The maximum Gasteiger partial charge on any atom is 0.191 e. The van der Waals surface area contributed by atoms with Crippen LogP contribution < -0.4 is 10.6 Å². The molecule has 0 radical (unpaired) electrons. The minimum Gasteiger partial charge on any atom is -0.354 e. The summed E-state index contributed by atoms with van der Waals surface area (Å²) in [4.78, 5) is 6.77. The van der Waals surface area contributed by atoms with Crippen molar-refractivity contribution in [3.63, 3.8) is 0 Å². The summed E-state index contributed by atoms with van der Waals surface area (Å²) in [6.07, 6.45) is 2.23. The molecule has 4 nitrogen and oxygen atoms in total. The Hall–Kier alpha value is -0.410. The van der Waals surface area contributed by atoms with E-state index in [9.17, 15) is 4.39 Å². The normalized spacial score (nSPS) is 16.8. The van der Waals surface area contributed by atoms with Crippen molar-refractivity contribution in [3.8, 4) is 0 Å². The number of halogens is 3. The van der Waals surface area contributed by atoms with E-state index in [2.05, 4.69) is 50.3 Å². The van der Waals surface area contributed by atoms with Gasteiger partial charge in [-0.15, -0.1) is 24.0 Å². The summed E-state index contributed by atoms with van der Waals surface area (Å²) < 4.78 is 14.0. The van der Waals surface area contributed by atoms with Gasteiger partial charge in [0.2, 0.25) is 0 Å². The van der Waals surface area contributed by atoms with Gasteiger partial charge in [0.25, 0.3) is 0 Å². The van der Waals surface area contributed by atoms with Crippen LogP contribution in [0.5, 0.6) is 0 Å². The maximum atomic E-state index is 13.5. The lowest BCUT2D eigenvalue weighted by Gasteiger charge is -2.35. The molecule has 0 aromatic heterocycles. The average molecular weight is 513 g/mol. The lowest BCUT2D eigenvalue weighted by molar-refractivity contribution is 0.167. The first-order valence-corrected chi connectivity index (χ1v) is 8.94. The van der Waals surface area contributed by atoms with Gasteiger partial charge in [-0.05, 0) is 60.3 Å². The predicted molar refractivity (Wildman–Crippen MR) is 113 cm³/mol. The zero-order valence-corrected chi connectivity index (χ0v) is 18.4. The second kappa shape index (κ2) is 10.6. The van der Waals surface area contributed by atoms with E-state index in [0.29, 0.717) is 23.1 Å². The minimum absolute atomic E-state index is 0. The summed E-state index contributed by atoms with van der Waals surface area (Å²) in [7, 11) is 1.76. The number of aliphatic imine (C=N–C) groups is 1. The van der Waals surface area contributed by atoms with Gasteiger partial charge in [0.1, 0.15) is 5.82 Å². The molecule has 0 aliphatic carbocycles. The molecule has 0 amide bonds. The van der Waals surface area contributed by atoms with Crippen LogP contribution in [0.4, 0.5) is 4.39 Å². The number of guanidine groups is 1. The smallest absolute Gasteiger partial charge is 0.191 e.